The molecule has 0 amide bonds. The highest BCUT2D eigenvalue weighted by Gasteiger charge is 2.45. The minimum absolute atomic E-state index is 0.0593. The van der Waals surface area contributed by atoms with Crippen LogP contribution in [-0.2, 0) is 4.74 Å². The largest absolute Gasteiger partial charge is 0.379 e. The van der Waals surface area contributed by atoms with Crippen molar-refractivity contribution in [3.05, 3.63) is 71.3 Å². The van der Waals surface area contributed by atoms with Crippen molar-refractivity contribution in [3.8, 4) is 0 Å². The molecular formula is C20H19NO3. The van der Waals surface area contributed by atoms with Crippen LogP contribution in [0.1, 0.15) is 32.3 Å². The third-order valence-corrected chi connectivity index (χ3v) is 4.92. The highest BCUT2D eigenvalue weighted by atomic mass is 16.5. The van der Waals surface area contributed by atoms with E-state index in [9.17, 15) is 9.59 Å². The summed E-state index contributed by atoms with van der Waals surface area (Å²) in [6, 6.07) is 16.8. The van der Waals surface area contributed by atoms with E-state index >= 15 is 0 Å². The number of morpholine rings is 1. The lowest BCUT2D eigenvalue weighted by atomic mass is 9.87. The smallest absolute Gasteiger partial charge is 0.176 e. The van der Waals surface area contributed by atoms with Crippen LogP contribution in [-0.4, -0.2) is 42.8 Å². The van der Waals surface area contributed by atoms with Crippen LogP contribution >= 0.6 is 0 Å². The Kier molecular flexibility index (Phi) is 4.00. The molecule has 1 fully saturated rings. The molecule has 4 heteroatoms. The fourth-order valence-electron chi connectivity index (χ4n) is 3.77. The van der Waals surface area contributed by atoms with Gasteiger partial charge in [0.1, 0.15) is 5.92 Å². The summed E-state index contributed by atoms with van der Waals surface area (Å²) < 4.78 is 5.45. The summed E-state index contributed by atoms with van der Waals surface area (Å²) in [5, 5.41) is 0. The van der Waals surface area contributed by atoms with Gasteiger partial charge in [0, 0.05) is 24.2 Å². The molecule has 1 heterocycles. The molecule has 24 heavy (non-hydrogen) atoms. The van der Waals surface area contributed by atoms with E-state index in [0.717, 1.165) is 18.7 Å². The molecule has 122 valence electrons. The second-order valence-corrected chi connectivity index (χ2v) is 6.26. The van der Waals surface area contributed by atoms with Crippen LogP contribution in [0, 0.1) is 5.92 Å². The van der Waals surface area contributed by atoms with Crippen molar-refractivity contribution in [2.24, 2.45) is 5.92 Å². The molecule has 2 aromatic rings. The highest BCUT2D eigenvalue weighted by Crippen LogP contribution is 2.39. The Morgan fingerprint density at radius 2 is 1.38 bits per heavy atom. The van der Waals surface area contributed by atoms with Crippen LogP contribution < -0.4 is 0 Å². The van der Waals surface area contributed by atoms with E-state index in [1.54, 1.807) is 12.1 Å². The third kappa shape index (κ3) is 2.48. The van der Waals surface area contributed by atoms with Crippen molar-refractivity contribution in [2.45, 2.75) is 6.04 Å². The fourth-order valence-corrected chi connectivity index (χ4v) is 3.77. The average molecular weight is 321 g/mol. The topological polar surface area (TPSA) is 46.6 Å². The van der Waals surface area contributed by atoms with Gasteiger partial charge in [-0.25, -0.2) is 0 Å². The van der Waals surface area contributed by atoms with Crippen molar-refractivity contribution >= 4 is 11.6 Å². The summed E-state index contributed by atoms with van der Waals surface area (Å²) >= 11 is 0. The lowest BCUT2D eigenvalue weighted by Gasteiger charge is -2.37. The van der Waals surface area contributed by atoms with Crippen molar-refractivity contribution in [3.63, 3.8) is 0 Å². The summed E-state index contributed by atoms with van der Waals surface area (Å²) in [6.07, 6.45) is 0. The average Bonchev–Trinajstić information content (AvgIpc) is 2.90. The minimum atomic E-state index is -0.664. The zero-order valence-corrected chi connectivity index (χ0v) is 13.4. The number of hydrogen-bond donors (Lipinski definition) is 0. The predicted octanol–water partition coefficient (Wildman–Crippen LogP) is 2.76. The van der Waals surface area contributed by atoms with Gasteiger partial charge in [-0.3, -0.25) is 14.5 Å². The summed E-state index contributed by atoms with van der Waals surface area (Å²) in [5.41, 5.74) is 2.13. The van der Waals surface area contributed by atoms with Crippen molar-refractivity contribution in [1.29, 1.82) is 0 Å². The maximum atomic E-state index is 13.0. The number of fused-ring (bicyclic) bond motifs is 1. The van der Waals surface area contributed by atoms with E-state index in [0.29, 0.717) is 24.3 Å². The first-order chi connectivity index (χ1) is 11.8. The number of benzene rings is 2. The number of ether oxygens (including phenoxy) is 1. The molecule has 1 aliphatic heterocycles. The number of ketones is 2. The first-order valence-electron chi connectivity index (χ1n) is 8.31. The standard InChI is InChI=1S/C20H19NO3/c22-19-15-8-4-5-9-16(15)20(23)17(19)18(14-6-2-1-3-7-14)21-10-12-24-13-11-21/h1-9,17-18H,10-13H2. The summed E-state index contributed by atoms with van der Waals surface area (Å²) in [5.74, 6) is -0.783. The summed E-state index contributed by atoms with van der Waals surface area (Å²) in [6.45, 7) is 2.72. The molecule has 0 saturated carbocycles. The van der Waals surface area contributed by atoms with Gasteiger partial charge in [-0.2, -0.15) is 0 Å². The van der Waals surface area contributed by atoms with Crippen molar-refractivity contribution < 1.29 is 14.3 Å². The number of nitrogens with zero attached hydrogens (tertiary/aromatic N) is 1. The number of hydrogen-bond acceptors (Lipinski definition) is 4. The fraction of sp³-hybridized carbons (Fsp3) is 0.300. The van der Waals surface area contributed by atoms with Gasteiger partial charge in [-0.15, -0.1) is 0 Å². The molecule has 0 radical (unpaired) electrons. The van der Waals surface area contributed by atoms with Gasteiger partial charge in [-0.1, -0.05) is 54.6 Å². The number of Topliss-reactive ketones (excluding diaryl/α,β-unsaturated/α-hetero) is 2. The van der Waals surface area contributed by atoms with Gasteiger partial charge in [-0.05, 0) is 5.56 Å². The molecule has 4 nitrogen and oxygen atoms in total. The highest BCUT2D eigenvalue weighted by molar-refractivity contribution is 6.26. The number of carbonyl (C=O) groups is 2. The molecule has 0 bridgehead atoms. The molecule has 1 unspecified atom stereocenters. The van der Waals surface area contributed by atoms with Gasteiger partial charge >= 0.3 is 0 Å². The van der Waals surface area contributed by atoms with Crippen LogP contribution in [0.3, 0.4) is 0 Å². The van der Waals surface area contributed by atoms with E-state index in [4.69, 9.17) is 4.74 Å². The maximum absolute atomic E-state index is 13.0. The Morgan fingerprint density at radius 3 is 1.96 bits per heavy atom. The second-order valence-electron chi connectivity index (χ2n) is 6.26. The quantitative estimate of drug-likeness (QED) is 0.816. The monoisotopic (exact) mass is 321 g/mol. The normalized spacial score (nSPS) is 20.2. The van der Waals surface area contributed by atoms with E-state index < -0.39 is 5.92 Å². The molecule has 1 atom stereocenters. The van der Waals surface area contributed by atoms with Gasteiger partial charge in [0.05, 0.1) is 19.3 Å². The summed E-state index contributed by atoms with van der Waals surface area (Å²) in [7, 11) is 0. The summed E-state index contributed by atoms with van der Waals surface area (Å²) in [4.78, 5) is 28.2. The van der Waals surface area contributed by atoms with E-state index in [2.05, 4.69) is 4.90 Å². The molecule has 1 saturated heterocycles. The van der Waals surface area contributed by atoms with Crippen LogP contribution in [0.15, 0.2) is 54.6 Å². The van der Waals surface area contributed by atoms with E-state index in [1.165, 1.54) is 0 Å². The van der Waals surface area contributed by atoms with Crippen molar-refractivity contribution in [1.82, 2.24) is 4.90 Å². The Labute approximate surface area is 141 Å². The first kappa shape index (κ1) is 15.2. The van der Waals surface area contributed by atoms with Crippen LogP contribution in [0.2, 0.25) is 0 Å². The molecule has 2 aromatic carbocycles. The Hall–Kier alpha value is -2.30. The maximum Gasteiger partial charge on any atom is 0.176 e. The lowest BCUT2D eigenvalue weighted by molar-refractivity contribution is 0.00511. The molecule has 0 N–H and O–H groups in total. The molecular weight excluding hydrogens is 302 g/mol. The molecule has 2 aliphatic rings. The lowest BCUT2D eigenvalue weighted by Crippen LogP contribution is -2.44. The van der Waals surface area contributed by atoms with E-state index in [1.807, 2.05) is 42.5 Å². The Morgan fingerprint density at radius 1 is 0.833 bits per heavy atom. The number of rotatable bonds is 3. The van der Waals surface area contributed by atoms with Crippen molar-refractivity contribution in [2.75, 3.05) is 26.3 Å². The SMILES string of the molecule is O=C1c2ccccc2C(=O)C1C(c1ccccc1)N1CCOCC1. The zero-order valence-electron chi connectivity index (χ0n) is 13.4. The van der Waals surface area contributed by atoms with Crippen LogP contribution in [0.25, 0.3) is 0 Å². The first-order valence-corrected chi connectivity index (χ1v) is 8.31. The zero-order chi connectivity index (χ0) is 16.5. The van der Waals surface area contributed by atoms with E-state index in [-0.39, 0.29) is 17.6 Å². The predicted molar refractivity (Wildman–Crippen MR) is 90.2 cm³/mol. The Bertz CT molecular complexity index is 730. The van der Waals surface area contributed by atoms with Crippen LogP contribution in [0.4, 0.5) is 0 Å². The molecule has 4 rings (SSSR count). The van der Waals surface area contributed by atoms with Gasteiger partial charge < -0.3 is 4.74 Å². The minimum Gasteiger partial charge on any atom is -0.379 e. The third-order valence-electron chi connectivity index (χ3n) is 4.92. The number of carbonyl (C=O) groups excluding carboxylic acids is 2. The second kappa shape index (κ2) is 6.30. The Balaban J connectivity index is 1.77. The van der Waals surface area contributed by atoms with Gasteiger partial charge in [0.2, 0.25) is 0 Å². The molecule has 1 aliphatic carbocycles. The van der Waals surface area contributed by atoms with Crippen LogP contribution in [0.5, 0.6) is 0 Å². The molecule has 0 aromatic heterocycles. The van der Waals surface area contributed by atoms with Gasteiger partial charge in [0.15, 0.2) is 11.6 Å². The molecule has 0 spiro atoms. The van der Waals surface area contributed by atoms with Gasteiger partial charge in [0.25, 0.3) is 0 Å².